The average Bonchev–Trinajstić information content (AvgIpc) is 2.42. The third-order valence-corrected chi connectivity index (χ3v) is 4.38. The predicted molar refractivity (Wildman–Crippen MR) is 78.8 cm³/mol. The van der Waals surface area contributed by atoms with Gasteiger partial charge in [0.05, 0.1) is 5.69 Å². The number of nitrogens with zero attached hydrogens (tertiary/aromatic N) is 1. The first-order valence-electron chi connectivity index (χ1n) is 5.95. The van der Waals surface area contributed by atoms with Crippen molar-refractivity contribution in [2.24, 2.45) is 0 Å². The zero-order valence-corrected chi connectivity index (χ0v) is 12.7. The lowest BCUT2D eigenvalue weighted by atomic mass is 10.2. The number of halogens is 2. The van der Waals surface area contributed by atoms with Crippen LogP contribution >= 0.6 is 11.6 Å². The van der Waals surface area contributed by atoms with Gasteiger partial charge in [0.25, 0.3) is 0 Å². The number of anilines is 1. The maximum absolute atomic E-state index is 13.8. The predicted octanol–water partition coefficient (Wildman–Crippen LogP) is 2.24. The molecule has 1 heterocycles. The van der Waals surface area contributed by atoms with Crippen LogP contribution in [0.4, 0.5) is 10.1 Å². The van der Waals surface area contributed by atoms with Crippen LogP contribution in [-0.4, -0.2) is 13.4 Å². The normalized spacial score (nSPS) is 11.6. The molecule has 0 aliphatic rings. The van der Waals surface area contributed by atoms with Crippen molar-refractivity contribution in [3.63, 3.8) is 0 Å². The van der Waals surface area contributed by atoms with Gasteiger partial charge in [-0.15, -0.1) is 0 Å². The minimum absolute atomic E-state index is 0.0124. The van der Waals surface area contributed by atoms with Crippen molar-refractivity contribution in [3.05, 3.63) is 52.6 Å². The maximum atomic E-state index is 13.8. The molecule has 0 amide bonds. The Morgan fingerprint density at radius 1 is 1.38 bits per heavy atom. The van der Waals surface area contributed by atoms with Crippen LogP contribution in [-0.2, 0) is 16.6 Å². The number of sulfonamides is 1. The first-order chi connectivity index (χ1) is 9.79. The summed E-state index contributed by atoms with van der Waals surface area (Å²) >= 11 is 5.71. The summed E-state index contributed by atoms with van der Waals surface area (Å²) in [7, 11) is -4.06. The number of aromatic nitrogens is 1. The second-order valence-electron chi connectivity index (χ2n) is 4.44. The molecule has 1 aromatic carbocycles. The van der Waals surface area contributed by atoms with Gasteiger partial charge in [-0.3, -0.25) is 4.98 Å². The quantitative estimate of drug-likeness (QED) is 0.842. The van der Waals surface area contributed by atoms with Crippen LogP contribution in [0.25, 0.3) is 0 Å². The number of benzene rings is 1. The summed E-state index contributed by atoms with van der Waals surface area (Å²) in [5, 5.41) is 0.0475. The maximum Gasteiger partial charge on any atom is 0.243 e. The summed E-state index contributed by atoms with van der Waals surface area (Å²) in [5.41, 5.74) is 6.53. The zero-order valence-electron chi connectivity index (χ0n) is 11.1. The van der Waals surface area contributed by atoms with E-state index in [1.807, 2.05) is 6.92 Å². The summed E-state index contributed by atoms with van der Waals surface area (Å²) in [6.07, 6.45) is 1.54. The minimum Gasteiger partial charge on any atom is -0.396 e. The molecule has 1 aromatic heterocycles. The molecule has 8 heteroatoms. The molecule has 0 radical (unpaired) electrons. The van der Waals surface area contributed by atoms with Crippen molar-refractivity contribution in [2.75, 3.05) is 5.73 Å². The van der Waals surface area contributed by atoms with E-state index in [0.29, 0.717) is 5.56 Å². The Kier molecular flexibility index (Phi) is 4.46. The Balaban J connectivity index is 2.25. The second-order valence-corrected chi connectivity index (χ2v) is 6.61. The minimum atomic E-state index is -4.06. The van der Waals surface area contributed by atoms with Crippen molar-refractivity contribution < 1.29 is 12.8 Å². The Hall–Kier alpha value is -1.70. The topological polar surface area (TPSA) is 85.1 Å². The van der Waals surface area contributed by atoms with Gasteiger partial charge in [0.2, 0.25) is 10.0 Å². The van der Waals surface area contributed by atoms with E-state index in [0.717, 1.165) is 17.8 Å². The number of hydrogen-bond donors (Lipinski definition) is 2. The molecular formula is C13H13ClFN3O2S. The van der Waals surface area contributed by atoms with E-state index in [1.54, 1.807) is 18.3 Å². The smallest absolute Gasteiger partial charge is 0.243 e. The molecule has 3 N–H and O–H groups in total. The van der Waals surface area contributed by atoms with E-state index in [1.165, 1.54) is 0 Å². The lowest BCUT2D eigenvalue weighted by Crippen LogP contribution is -2.24. The van der Waals surface area contributed by atoms with Gasteiger partial charge in [-0.05, 0) is 30.7 Å². The van der Waals surface area contributed by atoms with Crippen LogP contribution in [0.1, 0.15) is 11.3 Å². The molecule has 0 saturated heterocycles. The van der Waals surface area contributed by atoms with Crippen LogP contribution in [0.5, 0.6) is 0 Å². The average molecular weight is 330 g/mol. The van der Waals surface area contributed by atoms with Gasteiger partial charge in [-0.25, -0.2) is 17.5 Å². The lowest BCUT2D eigenvalue weighted by molar-refractivity contribution is 0.558. The molecule has 0 aliphatic heterocycles. The molecule has 2 aromatic rings. The number of aryl methyl sites for hydroxylation is 1. The molecule has 0 atom stereocenters. The summed E-state index contributed by atoms with van der Waals surface area (Å²) < 4.78 is 40.3. The zero-order chi connectivity index (χ0) is 15.6. The van der Waals surface area contributed by atoms with E-state index < -0.39 is 20.7 Å². The van der Waals surface area contributed by atoms with Crippen LogP contribution in [0, 0.1) is 12.7 Å². The van der Waals surface area contributed by atoms with Crippen molar-refractivity contribution >= 4 is 27.3 Å². The lowest BCUT2D eigenvalue weighted by Gasteiger charge is -2.09. The third-order valence-electron chi connectivity index (χ3n) is 2.76. The number of nitrogens with two attached hydrogens (primary N) is 1. The molecule has 21 heavy (non-hydrogen) atoms. The summed E-state index contributed by atoms with van der Waals surface area (Å²) in [6.45, 7) is 1.81. The van der Waals surface area contributed by atoms with Crippen LogP contribution in [0.15, 0.2) is 35.4 Å². The largest absolute Gasteiger partial charge is 0.396 e. The SMILES string of the molecule is Cc1ccc(CNS(=O)(=O)c2cc(Cl)cc(N)c2F)cn1. The van der Waals surface area contributed by atoms with Crippen molar-refractivity contribution in [3.8, 4) is 0 Å². The number of nitrogens with one attached hydrogen (secondary N) is 1. The highest BCUT2D eigenvalue weighted by molar-refractivity contribution is 7.89. The van der Waals surface area contributed by atoms with Gasteiger partial charge in [0.15, 0.2) is 5.82 Å². The van der Waals surface area contributed by atoms with E-state index in [9.17, 15) is 12.8 Å². The first-order valence-corrected chi connectivity index (χ1v) is 7.81. The molecule has 2 rings (SSSR count). The van der Waals surface area contributed by atoms with Crippen molar-refractivity contribution in [1.82, 2.24) is 9.71 Å². The molecule has 0 saturated carbocycles. The van der Waals surface area contributed by atoms with E-state index >= 15 is 0 Å². The van der Waals surface area contributed by atoms with Gasteiger partial charge in [-0.2, -0.15) is 0 Å². The van der Waals surface area contributed by atoms with E-state index in [-0.39, 0.29) is 17.3 Å². The Bertz CT molecular complexity index is 764. The molecule has 0 unspecified atom stereocenters. The Labute approximate surface area is 127 Å². The second kappa shape index (κ2) is 5.97. The fourth-order valence-electron chi connectivity index (χ4n) is 1.64. The van der Waals surface area contributed by atoms with Crippen LogP contribution < -0.4 is 10.5 Å². The third kappa shape index (κ3) is 3.69. The molecular weight excluding hydrogens is 317 g/mol. The molecule has 0 spiro atoms. The van der Waals surface area contributed by atoms with Gasteiger partial charge < -0.3 is 5.73 Å². The number of pyridine rings is 1. The highest BCUT2D eigenvalue weighted by Crippen LogP contribution is 2.25. The van der Waals surface area contributed by atoms with Crippen LogP contribution in [0.3, 0.4) is 0 Å². The Morgan fingerprint density at radius 3 is 2.71 bits per heavy atom. The number of rotatable bonds is 4. The summed E-state index contributed by atoms with van der Waals surface area (Å²) in [4.78, 5) is 3.47. The standard InChI is InChI=1S/C13H13ClFN3O2S/c1-8-2-3-9(6-17-8)7-18-21(19,20)12-5-10(14)4-11(16)13(12)15/h2-6,18H,7,16H2,1H3. The highest BCUT2D eigenvalue weighted by Gasteiger charge is 2.21. The molecule has 0 aliphatic carbocycles. The summed E-state index contributed by atoms with van der Waals surface area (Å²) in [5.74, 6) is -1.02. The van der Waals surface area contributed by atoms with E-state index in [2.05, 4.69) is 9.71 Å². The van der Waals surface area contributed by atoms with Crippen molar-refractivity contribution in [1.29, 1.82) is 0 Å². The van der Waals surface area contributed by atoms with Crippen LogP contribution in [0.2, 0.25) is 5.02 Å². The number of nitrogen functional groups attached to an aromatic ring is 1. The first kappa shape index (κ1) is 15.7. The molecule has 5 nitrogen and oxygen atoms in total. The Morgan fingerprint density at radius 2 is 2.10 bits per heavy atom. The van der Waals surface area contributed by atoms with Gasteiger partial charge in [0.1, 0.15) is 4.90 Å². The van der Waals surface area contributed by atoms with Gasteiger partial charge in [0, 0.05) is 23.5 Å². The fourth-order valence-corrected chi connectivity index (χ4v) is 3.08. The molecule has 112 valence electrons. The van der Waals surface area contributed by atoms with Gasteiger partial charge >= 0.3 is 0 Å². The van der Waals surface area contributed by atoms with E-state index in [4.69, 9.17) is 17.3 Å². The van der Waals surface area contributed by atoms with Crippen molar-refractivity contribution in [2.45, 2.75) is 18.4 Å². The fraction of sp³-hybridized carbons (Fsp3) is 0.154. The monoisotopic (exact) mass is 329 g/mol. The number of hydrogen-bond acceptors (Lipinski definition) is 4. The van der Waals surface area contributed by atoms with Gasteiger partial charge in [-0.1, -0.05) is 17.7 Å². The molecule has 0 bridgehead atoms. The highest BCUT2D eigenvalue weighted by atomic mass is 35.5. The summed E-state index contributed by atoms with van der Waals surface area (Å²) in [6, 6.07) is 5.65. The molecule has 0 fully saturated rings.